The van der Waals surface area contributed by atoms with Gasteiger partial charge in [-0.25, -0.2) is 9.97 Å². The van der Waals surface area contributed by atoms with Crippen molar-refractivity contribution < 1.29 is 9.90 Å². The average molecular weight is 495 g/mol. The van der Waals surface area contributed by atoms with Gasteiger partial charge >= 0.3 is 5.97 Å². The first kappa shape index (κ1) is 25.1. The quantitative estimate of drug-likeness (QED) is 0.204. The number of rotatable bonds is 13. The number of benzene rings is 1. The minimum atomic E-state index is -0.931. The van der Waals surface area contributed by atoms with Crippen molar-refractivity contribution in [1.29, 1.82) is 0 Å². The summed E-state index contributed by atoms with van der Waals surface area (Å²) in [7, 11) is 0. The molecule has 1 atom stereocenters. The highest BCUT2D eigenvalue weighted by molar-refractivity contribution is 7.18. The van der Waals surface area contributed by atoms with Crippen LogP contribution in [-0.4, -0.2) is 38.2 Å². The van der Waals surface area contributed by atoms with Crippen LogP contribution in [0.4, 0.5) is 5.82 Å². The lowest BCUT2D eigenvalue weighted by atomic mass is 10.1. The largest absolute Gasteiger partial charge is 0.480 e. The van der Waals surface area contributed by atoms with Gasteiger partial charge in [0.15, 0.2) is 5.82 Å². The van der Waals surface area contributed by atoms with Crippen molar-refractivity contribution >= 4 is 44.4 Å². The Morgan fingerprint density at radius 2 is 1.91 bits per heavy atom. The number of fused-ring (bicyclic) bond motifs is 3. The summed E-state index contributed by atoms with van der Waals surface area (Å²) in [6, 6.07) is 9.92. The Kier molecular flexibility index (Phi) is 8.33. The highest BCUT2D eigenvalue weighted by Gasteiger charge is 2.18. The third kappa shape index (κ3) is 5.98. The summed E-state index contributed by atoms with van der Waals surface area (Å²) in [6.07, 6.45) is 5.32. The standard InChI is InChI=1S/C26H34N6O2S/c1-2-3-7-21-31-22-23(24-20(12-14-35-24)30-25(22)28)32(21)16-18-10-8-17(9-11-18)15-29-13-5-4-6-19(27)26(33)34/h8-12,14,19,29H,2-7,13,15-16,27H2,1H3,(H2,28,30)(H,33,34)/t19-/m0/s1. The molecule has 35 heavy (non-hydrogen) atoms. The van der Waals surface area contributed by atoms with Crippen LogP contribution in [0.15, 0.2) is 35.7 Å². The van der Waals surface area contributed by atoms with Crippen molar-refractivity contribution in [3.8, 4) is 0 Å². The Bertz CT molecular complexity index is 1280. The van der Waals surface area contributed by atoms with E-state index in [4.69, 9.17) is 21.6 Å². The molecule has 0 aliphatic carbocycles. The zero-order valence-electron chi connectivity index (χ0n) is 20.2. The molecule has 0 saturated carbocycles. The van der Waals surface area contributed by atoms with Gasteiger partial charge in [-0.15, -0.1) is 11.3 Å². The summed E-state index contributed by atoms with van der Waals surface area (Å²) in [5, 5.41) is 14.3. The van der Waals surface area contributed by atoms with E-state index in [2.05, 4.69) is 51.4 Å². The number of nitrogen functional groups attached to an aromatic ring is 1. The second-order valence-electron chi connectivity index (χ2n) is 8.98. The van der Waals surface area contributed by atoms with Crippen molar-refractivity contribution in [3.63, 3.8) is 0 Å². The highest BCUT2D eigenvalue weighted by Crippen LogP contribution is 2.33. The van der Waals surface area contributed by atoms with Gasteiger partial charge in [0.05, 0.1) is 15.7 Å². The maximum atomic E-state index is 10.8. The highest BCUT2D eigenvalue weighted by atomic mass is 32.1. The van der Waals surface area contributed by atoms with Gasteiger partial charge in [-0.1, -0.05) is 44.0 Å². The Labute approximate surface area is 209 Å². The van der Waals surface area contributed by atoms with Crippen LogP contribution in [0.3, 0.4) is 0 Å². The molecule has 9 heteroatoms. The van der Waals surface area contributed by atoms with Gasteiger partial charge in [0.2, 0.25) is 0 Å². The molecule has 0 unspecified atom stereocenters. The molecule has 0 amide bonds. The lowest BCUT2D eigenvalue weighted by Crippen LogP contribution is -2.30. The average Bonchev–Trinajstić information content (AvgIpc) is 3.45. The Hall–Kier alpha value is -3.01. The third-order valence-electron chi connectivity index (χ3n) is 6.27. The van der Waals surface area contributed by atoms with Crippen LogP contribution in [0, 0.1) is 0 Å². The van der Waals surface area contributed by atoms with Crippen LogP contribution < -0.4 is 16.8 Å². The first-order valence-corrected chi connectivity index (χ1v) is 13.1. The molecule has 3 heterocycles. The second kappa shape index (κ2) is 11.6. The number of nitrogens with zero attached hydrogens (tertiary/aromatic N) is 3. The molecule has 6 N–H and O–H groups in total. The van der Waals surface area contributed by atoms with E-state index in [1.807, 2.05) is 6.07 Å². The molecule has 0 spiro atoms. The summed E-state index contributed by atoms with van der Waals surface area (Å²) < 4.78 is 3.45. The SMILES string of the molecule is CCCCc1nc2c(N)nc3ccsc3c2n1Cc1ccc(CNCCCC[C@H](N)C(=O)O)cc1. The molecule has 0 radical (unpaired) electrons. The molecule has 3 aromatic heterocycles. The minimum absolute atomic E-state index is 0.494. The van der Waals surface area contributed by atoms with Gasteiger partial charge in [-0.3, -0.25) is 4.79 Å². The van der Waals surface area contributed by atoms with Gasteiger partial charge in [0, 0.05) is 19.5 Å². The number of nitrogens with two attached hydrogens (primary N) is 2. The number of nitrogens with one attached hydrogen (secondary N) is 1. The molecule has 1 aromatic carbocycles. The Balaban J connectivity index is 1.43. The van der Waals surface area contributed by atoms with Crippen LogP contribution in [0.1, 0.15) is 56.0 Å². The molecular weight excluding hydrogens is 460 g/mol. The number of carboxylic acid groups (broad SMARTS) is 1. The van der Waals surface area contributed by atoms with Crippen molar-refractivity contribution in [2.75, 3.05) is 12.3 Å². The van der Waals surface area contributed by atoms with E-state index < -0.39 is 12.0 Å². The number of aryl methyl sites for hydroxylation is 1. The zero-order chi connectivity index (χ0) is 24.8. The number of anilines is 1. The number of carbonyl (C=O) groups is 1. The minimum Gasteiger partial charge on any atom is -0.480 e. The van der Waals surface area contributed by atoms with E-state index in [9.17, 15) is 4.79 Å². The van der Waals surface area contributed by atoms with Gasteiger partial charge in [-0.2, -0.15) is 0 Å². The van der Waals surface area contributed by atoms with E-state index >= 15 is 0 Å². The Morgan fingerprint density at radius 1 is 1.14 bits per heavy atom. The number of aromatic nitrogens is 3. The zero-order valence-corrected chi connectivity index (χ0v) is 21.0. The van der Waals surface area contributed by atoms with E-state index in [-0.39, 0.29) is 0 Å². The number of unbranched alkanes of at least 4 members (excludes halogenated alkanes) is 2. The number of hydrogen-bond donors (Lipinski definition) is 4. The monoisotopic (exact) mass is 494 g/mol. The lowest BCUT2D eigenvalue weighted by molar-refractivity contribution is -0.138. The second-order valence-corrected chi connectivity index (χ2v) is 9.90. The molecule has 4 rings (SSSR count). The molecular formula is C26H34N6O2S. The molecule has 0 aliphatic heterocycles. The molecule has 4 aromatic rings. The summed E-state index contributed by atoms with van der Waals surface area (Å²) in [6.45, 7) is 4.54. The van der Waals surface area contributed by atoms with Crippen molar-refractivity contribution in [2.45, 2.75) is 64.6 Å². The fourth-order valence-corrected chi connectivity index (χ4v) is 5.16. The van der Waals surface area contributed by atoms with Crippen LogP contribution in [0.5, 0.6) is 0 Å². The number of carboxylic acids is 1. The normalized spacial score (nSPS) is 12.5. The molecule has 186 valence electrons. The van der Waals surface area contributed by atoms with E-state index in [0.29, 0.717) is 12.2 Å². The molecule has 0 fully saturated rings. The summed E-state index contributed by atoms with van der Waals surface area (Å²) >= 11 is 1.68. The van der Waals surface area contributed by atoms with Crippen LogP contribution >= 0.6 is 11.3 Å². The van der Waals surface area contributed by atoms with Gasteiger partial charge in [-0.05, 0) is 48.4 Å². The van der Waals surface area contributed by atoms with Crippen molar-refractivity contribution in [3.05, 3.63) is 52.7 Å². The summed E-state index contributed by atoms with van der Waals surface area (Å²) in [5.74, 6) is 0.623. The van der Waals surface area contributed by atoms with Gasteiger partial charge in [0.25, 0.3) is 0 Å². The van der Waals surface area contributed by atoms with Gasteiger partial charge < -0.3 is 26.5 Å². The first-order valence-electron chi connectivity index (χ1n) is 12.3. The first-order chi connectivity index (χ1) is 17.0. The predicted molar refractivity (Wildman–Crippen MR) is 143 cm³/mol. The van der Waals surface area contributed by atoms with E-state index in [1.165, 1.54) is 11.1 Å². The van der Waals surface area contributed by atoms with Gasteiger partial charge in [0.1, 0.15) is 17.4 Å². The maximum absolute atomic E-state index is 10.8. The molecule has 0 bridgehead atoms. The van der Waals surface area contributed by atoms with Crippen molar-refractivity contribution in [1.82, 2.24) is 19.9 Å². The smallest absolute Gasteiger partial charge is 0.320 e. The number of thiophene rings is 1. The molecule has 0 saturated heterocycles. The number of pyridine rings is 1. The van der Waals surface area contributed by atoms with Crippen LogP contribution in [-0.2, 0) is 24.3 Å². The predicted octanol–water partition coefficient (Wildman–Crippen LogP) is 4.29. The Morgan fingerprint density at radius 3 is 2.66 bits per heavy atom. The fraction of sp³-hybridized carbons (Fsp3) is 0.423. The van der Waals surface area contributed by atoms with Crippen LogP contribution in [0.25, 0.3) is 21.3 Å². The van der Waals surface area contributed by atoms with E-state index in [0.717, 1.165) is 78.8 Å². The molecule has 8 nitrogen and oxygen atoms in total. The fourth-order valence-electron chi connectivity index (χ4n) is 4.27. The van der Waals surface area contributed by atoms with Crippen LogP contribution in [0.2, 0.25) is 0 Å². The number of aliphatic carboxylic acids is 1. The van der Waals surface area contributed by atoms with Crippen molar-refractivity contribution in [2.24, 2.45) is 5.73 Å². The summed E-state index contributed by atoms with van der Waals surface area (Å²) in [5.41, 5.74) is 17.1. The lowest BCUT2D eigenvalue weighted by Gasteiger charge is -2.11. The van der Waals surface area contributed by atoms with E-state index in [1.54, 1.807) is 11.3 Å². The number of hydrogen-bond acceptors (Lipinski definition) is 7. The maximum Gasteiger partial charge on any atom is 0.320 e. The third-order valence-corrected chi connectivity index (χ3v) is 7.18. The number of imidazole rings is 1. The summed E-state index contributed by atoms with van der Waals surface area (Å²) in [4.78, 5) is 20.2. The topological polar surface area (TPSA) is 132 Å². The molecule has 0 aliphatic rings.